The Morgan fingerprint density at radius 2 is 2.24 bits per heavy atom. The average Bonchev–Trinajstić information content (AvgIpc) is 2.95. The lowest BCUT2D eigenvalue weighted by atomic mass is 9.84. The van der Waals surface area contributed by atoms with E-state index < -0.39 is 0 Å². The molecule has 17 heavy (non-hydrogen) atoms. The van der Waals surface area contributed by atoms with Gasteiger partial charge >= 0.3 is 0 Å². The van der Waals surface area contributed by atoms with Gasteiger partial charge in [0.15, 0.2) is 0 Å². The molecule has 2 aliphatic rings. The fourth-order valence-electron chi connectivity index (χ4n) is 3.79. The Morgan fingerprint density at radius 1 is 1.35 bits per heavy atom. The molecule has 94 valence electrons. The maximum Gasteiger partial charge on any atom is 0.0931 e. The molecule has 0 radical (unpaired) electrons. The first-order valence-electron chi connectivity index (χ1n) is 6.63. The highest BCUT2D eigenvalue weighted by molar-refractivity contribution is 7.16. The van der Waals surface area contributed by atoms with Crippen molar-refractivity contribution >= 4 is 22.9 Å². The maximum absolute atomic E-state index is 10.2. The second-order valence-electron chi connectivity index (χ2n) is 5.73. The van der Waals surface area contributed by atoms with Crippen LogP contribution in [0.15, 0.2) is 12.1 Å². The molecule has 1 heterocycles. The molecule has 3 heteroatoms. The summed E-state index contributed by atoms with van der Waals surface area (Å²) in [5, 5.41) is 10.2. The predicted molar refractivity (Wildman–Crippen MR) is 72.6 cm³/mol. The van der Waals surface area contributed by atoms with Gasteiger partial charge in [-0.05, 0) is 55.6 Å². The lowest BCUT2D eigenvalue weighted by Gasteiger charge is -2.23. The van der Waals surface area contributed by atoms with E-state index in [0.717, 1.165) is 34.9 Å². The zero-order chi connectivity index (χ0) is 11.8. The van der Waals surface area contributed by atoms with E-state index in [-0.39, 0.29) is 6.10 Å². The average molecular weight is 271 g/mol. The molecule has 2 saturated carbocycles. The number of thiophene rings is 1. The highest BCUT2D eigenvalue weighted by atomic mass is 35.5. The molecule has 0 aliphatic heterocycles. The van der Waals surface area contributed by atoms with E-state index in [1.54, 1.807) is 11.3 Å². The summed E-state index contributed by atoms with van der Waals surface area (Å²) >= 11 is 7.50. The van der Waals surface area contributed by atoms with Gasteiger partial charge in [-0.15, -0.1) is 11.3 Å². The van der Waals surface area contributed by atoms with Crippen LogP contribution in [0.1, 0.15) is 37.0 Å². The van der Waals surface area contributed by atoms with Gasteiger partial charge in [0.2, 0.25) is 0 Å². The Hall–Kier alpha value is -0.0500. The number of fused-ring (bicyclic) bond motifs is 2. The Morgan fingerprint density at radius 3 is 2.82 bits per heavy atom. The van der Waals surface area contributed by atoms with Gasteiger partial charge in [0.25, 0.3) is 0 Å². The standard InChI is InChI=1S/C14H19ClOS/c15-14-4-3-13(17-14)8-12(16)7-11-6-9-1-2-10(11)5-9/h3-4,9-12,16H,1-2,5-8H2. The van der Waals surface area contributed by atoms with Gasteiger partial charge in [0.05, 0.1) is 10.4 Å². The van der Waals surface area contributed by atoms with Crippen LogP contribution in [0.3, 0.4) is 0 Å². The molecule has 2 fully saturated rings. The number of halogens is 1. The molecule has 1 nitrogen and oxygen atoms in total. The minimum atomic E-state index is -0.172. The molecule has 4 atom stereocenters. The van der Waals surface area contributed by atoms with Crippen molar-refractivity contribution in [2.24, 2.45) is 17.8 Å². The van der Waals surface area contributed by atoms with Crippen molar-refractivity contribution in [1.82, 2.24) is 0 Å². The molecule has 0 amide bonds. The monoisotopic (exact) mass is 270 g/mol. The van der Waals surface area contributed by atoms with Crippen LogP contribution in [0, 0.1) is 17.8 Å². The van der Waals surface area contributed by atoms with Crippen molar-refractivity contribution in [1.29, 1.82) is 0 Å². The third-order valence-corrected chi connectivity index (χ3v) is 5.78. The number of aliphatic hydroxyl groups excluding tert-OH is 1. The van der Waals surface area contributed by atoms with Gasteiger partial charge in [-0.1, -0.05) is 18.0 Å². The lowest BCUT2D eigenvalue weighted by Crippen LogP contribution is -2.19. The fraction of sp³-hybridized carbons (Fsp3) is 0.714. The fourth-order valence-corrected chi connectivity index (χ4v) is 4.95. The predicted octanol–water partition coefficient (Wildman–Crippen LogP) is 4.13. The summed E-state index contributed by atoms with van der Waals surface area (Å²) in [5.41, 5.74) is 0. The Kier molecular flexibility index (Phi) is 3.47. The van der Waals surface area contributed by atoms with Crippen LogP contribution in [0.2, 0.25) is 4.34 Å². The van der Waals surface area contributed by atoms with Crippen LogP contribution >= 0.6 is 22.9 Å². The van der Waals surface area contributed by atoms with Crippen molar-refractivity contribution in [2.45, 2.75) is 44.6 Å². The van der Waals surface area contributed by atoms with Crippen molar-refractivity contribution in [3.05, 3.63) is 21.3 Å². The van der Waals surface area contributed by atoms with E-state index in [1.807, 2.05) is 12.1 Å². The van der Waals surface area contributed by atoms with Crippen LogP contribution in [0.5, 0.6) is 0 Å². The second kappa shape index (κ2) is 4.91. The van der Waals surface area contributed by atoms with Crippen molar-refractivity contribution in [3.8, 4) is 0 Å². The van der Waals surface area contributed by atoms with E-state index in [2.05, 4.69) is 0 Å². The molecule has 0 aromatic carbocycles. The second-order valence-corrected chi connectivity index (χ2v) is 7.53. The Bertz CT molecular complexity index is 389. The molecule has 1 aromatic rings. The quantitative estimate of drug-likeness (QED) is 0.872. The molecule has 0 spiro atoms. The number of rotatable bonds is 4. The minimum absolute atomic E-state index is 0.172. The van der Waals surface area contributed by atoms with Gasteiger partial charge in [0.1, 0.15) is 0 Å². The molecule has 3 rings (SSSR count). The topological polar surface area (TPSA) is 20.2 Å². The Balaban J connectivity index is 1.52. The number of hydrogen-bond acceptors (Lipinski definition) is 2. The van der Waals surface area contributed by atoms with Crippen LogP contribution < -0.4 is 0 Å². The number of hydrogen-bond donors (Lipinski definition) is 1. The Labute approximate surface area is 112 Å². The molecule has 4 unspecified atom stereocenters. The largest absolute Gasteiger partial charge is 0.393 e. The van der Waals surface area contributed by atoms with Gasteiger partial charge in [-0.2, -0.15) is 0 Å². The SMILES string of the molecule is OC(Cc1ccc(Cl)s1)CC1CC2CCC1C2. The zero-order valence-corrected chi connectivity index (χ0v) is 11.5. The van der Waals surface area contributed by atoms with Gasteiger partial charge in [0, 0.05) is 11.3 Å². The molecular formula is C14H19ClOS. The first-order valence-corrected chi connectivity index (χ1v) is 7.82. The van der Waals surface area contributed by atoms with Crippen LogP contribution in [-0.4, -0.2) is 11.2 Å². The normalized spacial score (nSPS) is 33.2. The molecule has 1 aromatic heterocycles. The highest BCUT2D eigenvalue weighted by Gasteiger charge is 2.39. The van der Waals surface area contributed by atoms with Gasteiger partial charge < -0.3 is 5.11 Å². The summed E-state index contributed by atoms with van der Waals surface area (Å²) in [6, 6.07) is 3.96. The summed E-state index contributed by atoms with van der Waals surface area (Å²) in [6.07, 6.45) is 7.26. The smallest absolute Gasteiger partial charge is 0.0931 e. The van der Waals surface area contributed by atoms with E-state index >= 15 is 0 Å². The van der Waals surface area contributed by atoms with Crippen LogP contribution in [0.25, 0.3) is 0 Å². The van der Waals surface area contributed by atoms with Crippen LogP contribution in [0.4, 0.5) is 0 Å². The van der Waals surface area contributed by atoms with Crippen molar-refractivity contribution in [3.63, 3.8) is 0 Å². The van der Waals surface area contributed by atoms with Crippen molar-refractivity contribution in [2.75, 3.05) is 0 Å². The summed E-state index contributed by atoms with van der Waals surface area (Å²) in [5.74, 6) is 2.69. The first-order chi connectivity index (χ1) is 8.20. The molecule has 1 N–H and O–H groups in total. The minimum Gasteiger partial charge on any atom is -0.393 e. The summed E-state index contributed by atoms with van der Waals surface area (Å²) in [6.45, 7) is 0. The maximum atomic E-state index is 10.2. The van der Waals surface area contributed by atoms with E-state index in [9.17, 15) is 5.11 Å². The lowest BCUT2D eigenvalue weighted by molar-refractivity contribution is 0.125. The van der Waals surface area contributed by atoms with Gasteiger partial charge in [-0.3, -0.25) is 0 Å². The zero-order valence-electron chi connectivity index (χ0n) is 9.94. The summed E-state index contributed by atoms with van der Waals surface area (Å²) in [4.78, 5) is 1.21. The summed E-state index contributed by atoms with van der Waals surface area (Å²) in [7, 11) is 0. The summed E-state index contributed by atoms with van der Waals surface area (Å²) < 4.78 is 0.826. The highest BCUT2D eigenvalue weighted by Crippen LogP contribution is 2.50. The van der Waals surface area contributed by atoms with E-state index in [4.69, 9.17) is 11.6 Å². The molecular weight excluding hydrogens is 252 g/mol. The molecule has 2 aliphatic carbocycles. The van der Waals surface area contributed by atoms with E-state index in [1.165, 1.54) is 30.6 Å². The van der Waals surface area contributed by atoms with Crippen LogP contribution in [-0.2, 0) is 6.42 Å². The number of aliphatic hydroxyl groups is 1. The first kappa shape index (κ1) is 12.0. The third-order valence-electron chi connectivity index (χ3n) is 4.53. The van der Waals surface area contributed by atoms with E-state index in [0.29, 0.717) is 0 Å². The van der Waals surface area contributed by atoms with Crippen molar-refractivity contribution < 1.29 is 5.11 Å². The third kappa shape index (κ3) is 2.69. The molecule has 2 bridgehead atoms. The van der Waals surface area contributed by atoms with Gasteiger partial charge in [-0.25, -0.2) is 0 Å². The molecule has 0 saturated heterocycles.